The van der Waals surface area contributed by atoms with Gasteiger partial charge in [0.25, 0.3) is 0 Å². The Morgan fingerprint density at radius 3 is 2.35 bits per heavy atom. The van der Waals surface area contributed by atoms with Crippen LogP contribution < -0.4 is 5.32 Å². The van der Waals surface area contributed by atoms with Crippen LogP contribution in [0.25, 0.3) is 0 Å². The molecule has 1 aromatic carbocycles. The molecule has 1 nitrogen and oxygen atoms in total. The van der Waals surface area contributed by atoms with E-state index in [9.17, 15) is 0 Å². The van der Waals surface area contributed by atoms with Gasteiger partial charge in [-0.1, -0.05) is 54.6 Å². The minimum absolute atomic E-state index is 0. The topological polar surface area (TPSA) is 12.0 Å². The Hall–Kier alpha value is -1.05. The van der Waals surface area contributed by atoms with Crippen LogP contribution in [0.1, 0.15) is 18.4 Å². The fourth-order valence-corrected chi connectivity index (χ4v) is 2.27. The van der Waals surface area contributed by atoms with Crippen LogP contribution in [0.5, 0.6) is 0 Å². The highest BCUT2D eigenvalue weighted by molar-refractivity contribution is 5.85. The maximum atomic E-state index is 3.24. The second-order valence-corrected chi connectivity index (χ2v) is 4.30. The molecule has 1 aromatic rings. The second-order valence-electron chi connectivity index (χ2n) is 4.30. The second kappa shape index (κ2) is 6.63. The first-order valence-electron chi connectivity index (χ1n) is 5.93. The molecule has 0 aliphatic heterocycles. The van der Waals surface area contributed by atoms with Gasteiger partial charge in [-0.25, -0.2) is 0 Å². The van der Waals surface area contributed by atoms with E-state index in [1.807, 2.05) is 7.05 Å². The molecule has 0 radical (unpaired) electrons. The summed E-state index contributed by atoms with van der Waals surface area (Å²) in [5.74, 6) is 0. The maximum Gasteiger partial charge on any atom is 0.0324 e. The largest absolute Gasteiger partial charge is 0.320 e. The van der Waals surface area contributed by atoms with Crippen molar-refractivity contribution in [3.8, 4) is 0 Å². The van der Waals surface area contributed by atoms with Gasteiger partial charge in [0.05, 0.1) is 0 Å². The van der Waals surface area contributed by atoms with Gasteiger partial charge >= 0.3 is 0 Å². The van der Waals surface area contributed by atoms with E-state index in [4.69, 9.17) is 0 Å². The Labute approximate surface area is 110 Å². The van der Waals surface area contributed by atoms with Crippen LogP contribution in [-0.2, 0) is 5.41 Å². The third-order valence-corrected chi connectivity index (χ3v) is 3.20. The van der Waals surface area contributed by atoms with Gasteiger partial charge in [0.1, 0.15) is 0 Å². The highest BCUT2D eigenvalue weighted by Crippen LogP contribution is 2.33. The van der Waals surface area contributed by atoms with E-state index in [1.54, 1.807) is 0 Å². The van der Waals surface area contributed by atoms with E-state index in [-0.39, 0.29) is 17.8 Å². The Bertz CT molecular complexity index is 369. The number of benzene rings is 1. The van der Waals surface area contributed by atoms with Gasteiger partial charge in [0.2, 0.25) is 0 Å². The van der Waals surface area contributed by atoms with E-state index >= 15 is 0 Å². The number of hydrogen-bond acceptors (Lipinski definition) is 1. The summed E-state index contributed by atoms with van der Waals surface area (Å²) in [6.45, 7) is 1.03. The Balaban J connectivity index is 0.00000144. The average Bonchev–Trinajstić information content (AvgIpc) is 2.38. The number of halogens is 1. The Kier molecular flexibility index (Phi) is 5.46. The first-order valence-corrected chi connectivity index (χ1v) is 5.93. The lowest BCUT2D eigenvalue weighted by molar-refractivity contribution is 0.568. The molecule has 0 amide bonds. The zero-order valence-electron chi connectivity index (χ0n) is 10.2. The normalized spacial score (nSPS) is 16.5. The van der Waals surface area contributed by atoms with Crippen molar-refractivity contribution in [3.63, 3.8) is 0 Å². The molecule has 0 atom stereocenters. The van der Waals surface area contributed by atoms with Crippen molar-refractivity contribution in [1.82, 2.24) is 5.32 Å². The van der Waals surface area contributed by atoms with Gasteiger partial charge < -0.3 is 5.32 Å². The van der Waals surface area contributed by atoms with Gasteiger partial charge in [-0.2, -0.15) is 0 Å². The zero-order valence-corrected chi connectivity index (χ0v) is 11.0. The van der Waals surface area contributed by atoms with E-state index in [2.05, 4.69) is 60.0 Å². The average molecular weight is 250 g/mol. The number of rotatable bonds is 4. The lowest BCUT2D eigenvalue weighted by Gasteiger charge is -2.30. The maximum absolute atomic E-state index is 3.24. The molecular weight excluding hydrogens is 230 g/mol. The first-order chi connectivity index (χ1) is 7.87. The standard InChI is InChI=1S/C15H19N.ClH/c1-16-13-12-15(10-6-3-7-11-15)14-8-4-2-5-9-14;/h2,4-11,16H,3,12-13H2,1H3;1H. The summed E-state index contributed by atoms with van der Waals surface area (Å²) in [7, 11) is 2.01. The summed E-state index contributed by atoms with van der Waals surface area (Å²) < 4.78 is 0. The van der Waals surface area contributed by atoms with Crippen molar-refractivity contribution in [1.29, 1.82) is 0 Å². The van der Waals surface area contributed by atoms with Crippen molar-refractivity contribution in [2.75, 3.05) is 13.6 Å². The summed E-state index contributed by atoms with van der Waals surface area (Å²) in [5, 5.41) is 3.24. The fraction of sp³-hybridized carbons (Fsp3) is 0.333. The van der Waals surface area contributed by atoms with E-state index < -0.39 is 0 Å². The SMILES string of the molecule is CNCCC1(c2ccccc2)C=CCC=C1.Cl. The fourth-order valence-electron chi connectivity index (χ4n) is 2.27. The molecule has 0 aromatic heterocycles. The molecule has 0 bridgehead atoms. The summed E-state index contributed by atoms with van der Waals surface area (Å²) in [4.78, 5) is 0. The van der Waals surface area contributed by atoms with Gasteiger partial charge in [-0.3, -0.25) is 0 Å². The molecule has 92 valence electrons. The van der Waals surface area contributed by atoms with Crippen molar-refractivity contribution in [3.05, 3.63) is 60.2 Å². The highest BCUT2D eigenvalue weighted by Gasteiger charge is 2.26. The van der Waals surface area contributed by atoms with Crippen LogP contribution in [0.3, 0.4) is 0 Å². The van der Waals surface area contributed by atoms with Crippen molar-refractivity contribution in [2.24, 2.45) is 0 Å². The summed E-state index contributed by atoms with van der Waals surface area (Å²) in [6.07, 6.45) is 11.4. The smallest absolute Gasteiger partial charge is 0.0324 e. The molecule has 0 unspecified atom stereocenters. The molecule has 0 fully saturated rings. The minimum atomic E-state index is 0. The van der Waals surface area contributed by atoms with E-state index in [0.717, 1.165) is 19.4 Å². The molecular formula is C15H20ClN. The van der Waals surface area contributed by atoms with E-state index in [0.29, 0.717) is 0 Å². The van der Waals surface area contributed by atoms with Gasteiger partial charge in [-0.05, 0) is 32.0 Å². The van der Waals surface area contributed by atoms with Crippen LogP contribution in [0.2, 0.25) is 0 Å². The van der Waals surface area contributed by atoms with Crippen LogP contribution in [0.4, 0.5) is 0 Å². The molecule has 2 rings (SSSR count). The quantitative estimate of drug-likeness (QED) is 0.806. The third-order valence-electron chi connectivity index (χ3n) is 3.20. The highest BCUT2D eigenvalue weighted by atomic mass is 35.5. The van der Waals surface area contributed by atoms with Crippen LogP contribution >= 0.6 is 12.4 Å². The Morgan fingerprint density at radius 1 is 1.12 bits per heavy atom. The third kappa shape index (κ3) is 3.21. The molecule has 0 spiro atoms. The predicted molar refractivity (Wildman–Crippen MR) is 76.8 cm³/mol. The van der Waals surface area contributed by atoms with Crippen molar-refractivity contribution >= 4 is 12.4 Å². The van der Waals surface area contributed by atoms with Crippen molar-refractivity contribution < 1.29 is 0 Å². The molecule has 0 saturated heterocycles. The van der Waals surface area contributed by atoms with Gasteiger partial charge in [0, 0.05) is 5.41 Å². The number of allylic oxidation sites excluding steroid dienone is 4. The molecule has 17 heavy (non-hydrogen) atoms. The molecule has 1 aliphatic rings. The lowest BCUT2D eigenvalue weighted by Crippen LogP contribution is -2.27. The minimum Gasteiger partial charge on any atom is -0.320 e. The molecule has 1 N–H and O–H groups in total. The zero-order chi connectivity index (χ0) is 11.3. The molecule has 1 aliphatic carbocycles. The Morgan fingerprint density at radius 2 is 1.76 bits per heavy atom. The van der Waals surface area contributed by atoms with E-state index in [1.165, 1.54) is 5.56 Å². The van der Waals surface area contributed by atoms with Crippen LogP contribution in [-0.4, -0.2) is 13.6 Å². The molecule has 0 heterocycles. The monoisotopic (exact) mass is 249 g/mol. The van der Waals surface area contributed by atoms with Gasteiger partial charge in [-0.15, -0.1) is 12.4 Å². The van der Waals surface area contributed by atoms with Crippen LogP contribution in [0, 0.1) is 0 Å². The van der Waals surface area contributed by atoms with Crippen LogP contribution in [0.15, 0.2) is 54.6 Å². The number of hydrogen-bond donors (Lipinski definition) is 1. The number of nitrogens with one attached hydrogen (secondary N) is 1. The molecule has 0 saturated carbocycles. The lowest BCUT2D eigenvalue weighted by atomic mass is 9.75. The predicted octanol–water partition coefficient (Wildman–Crippen LogP) is 3.47. The first kappa shape index (κ1) is 14.0. The summed E-state index contributed by atoms with van der Waals surface area (Å²) in [5.41, 5.74) is 1.49. The molecule has 2 heteroatoms. The summed E-state index contributed by atoms with van der Waals surface area (Å²) >= 11 is 0. The summed E-state index contributed by atoms with van der Waals surface area (Å²) in [6, 6.07) is 10.7. The van der Waals surface area contributed by atoms with Crippen molar-refractivity contribution in [2.45, 2.75) is 18.3 Å². The van der Waals surface area contributed by atoms with Gasteiger partial charge in [0.15, 0.2) is 0 Å².